The molecular formula is C16H11BrF3NO. The smallest absolute Gasteiger partial charge is 0.325 e. The number of nitrogens with one attached hydrogen (secondary N) is 1. The Morgan fingerprint density at radius 2 is 1.77 bits per heavy atom. The van der Waals surface area contributed by atoms with Gasteiger partial charge in [-0.3, -0.25) is 4.79 Å². The van der Waals surface area contributed by atoms with Crippen LogP contribution in [0.4, 0.5) is 18.9 Å². The molecule has 2 nitrogen and oxygen atoms in total. The second-order valence-electron chi connectivity index (χ2n) is 5.17. The third-order valence-electron chi connectivity index (χ3n) is 3.68. The molecule has 0 bridgehead atoms. The first kappa shape index (κ1) is 15.1. The van der Waals surface area contributed by atoms with E-state index in [1.54, 1.807) is 0 Å². The predicted octanol–water partition coefficient (Wildman–Crippen LogP) is 4.75. The largest absolute Gasteiger partial charge is 0.416 e. The molecule has 0 aromatic heterocycles. The second kappa shape index (κ2) is 5.43. The summed E-state index contributed by atoms with van der Waals surface area (Å²) in [6.07, 6.45) is -3.98. The fourth-order valence-corrected chi connectivity index (χ4v) is 2.94. The van der Waals surface area contributed by atoms with Crippen LogP contribution in [-0.4, -0.2) is 5.91 Å². The van der Waals surface area contributed by atoms with Crippen molar-refractivity contribution in [1.29, 1.82) is 0 Å². The molecule has 114 valence electrons. The van der Waals surface area contributed by atoms with E-state index in [1.807, 2.05) is 18.2 Å². The van der Waals surface area contributed by atoms with Gasteiger partial charge in [0.1, 0.15) is 0 Å². The molecule has 0 saturated carbocycles. The van der Waals surface area contributed by atoms with E-state index in [9.17, 15) is 18.0 Å². The maximum absolute atomic E-state index is 12.6. The van der Waals surface area contributed by atoms with Crippen LogP contribution in [0.25, 0.3) is 0 Å². The van der Waals surface area contributed by atoms with Gasteiger partial charge in [0.25, 0.3) is 0 Å². The lowest BCUT2D eigenvalue weighted by molar-refractivity contribution is -0.137. The van der Waals surface area contributed by atoms with E-state index in [4.69, 9.17) is 0 Å². The number of carbonyl (C=O) groups excluding carboxylic acids is 1. The topological polar surface area (TPSA) is 29.1 Å². The van der Waals surface area contributed by atoms with Crippen LogP contribution < -0.4 is 5.32 Å². The highest BCUT2D eigenvalue weighted by Gasteiger charge is 2.32. The third kappa shape index (κ3) is 2.88. The summed E-state index contributed by atoms with van der Waals surface area (Å²) in [5.41, 5.74) is 1.63. The zero-order valence-corrected chi connectivity index (χ0v) is 12.8. The minimum Gasteiger partial charge on any atom is -0.325 e. The molecule has 1 aliphatic heterocycles. The Labute approximate surface area is 133 Å². The van der Waals surface area contributed by atoms with Gasteiger partial charge in [-0.1, -0.05) is 28.1 Å². The van der Waals surface area contributed by atoms with Gasteiger partial charge in [0.2, 0.25) is 5.91 Å². The maximum atomic E-state index is 12.6. The Kier molecular flexibility index (Phi) is 3.72. The molecule has 1 aliphatic rings. The Morgan fingerprint density at radius 1 is 1.09 bits per heavy atom. The molecule has 2 aromatic rings. The number of amides is 1. The molecule has 1 N–H and O–H groups in total. The first-order valence-electron chi connectivity index (χ1n) is 6.61. The van der Waals surface area contributed by atoms with Gasteiger partial charge >= 0.3 is 6.18 Å². The van der Waals surface area contributed by atoms with E-state index in [2.05, 4.69) is 21.2 Å². The van der Waals surface area contributed by atoms with E-state index in [-0.39, 0.29) is 11.8 Å². The first-order valence-corrected chi connectivity index (χ1v) is 7.40. The molecule has 0 saturated heterocycles. The summed E-state index contributed by atoms with van der Waals surface area (Å²) in [4.78, 5) is 12.1. The quantitative estimate of drug-likeness (QED) is 0.813. The molecule has 0 radical (unpaired) electrons. The standard InChI is InChI=1S/C16H11BrF3NO/c17-11-5-6-14-12(8-11)13(15(22)21-14)7-9-1-3-10(4-2-9)16(18,19)20/h1-6,8,13H,7H2,(H,21,22)/t13-/m1/s1. The van der Waals surface area contributed by atoms with Crippen LogP contribution in [0.1, 0.15) is 22.6 Å². The lowest BCUT2D eigenvalue weighted by Crippen LogP contribution is -2.14. The highest BCUT2D eigenvalue weighted by atomic mass is 79.9. The molecule has 1 heterocycles. The third-order valence-corrected chi connectivity index (χ3v) is 4.18. The van der Waals surface area contributed by atoms with Gasteiger partial charge in [0.05, 0.1) is 11.5 Å². The molecule has 0 spiro atoms. The molecule has 3 rings (SSSR count). The highest BCUT2D eigenvalue weighted by molar-refractivity contribution is 9.10. The van der Waals surface area contributed by atoms with E-state index in [0.29, 0.717) is 12.0 Å². The van der Waals surface area contributed by atoms with Crippen LogP contribution in [0, 0.1) is 0 Å². The number of alkyl halides is 3. The van der Waals surface area contributed by atoms with Crippen molar-refractivity contribution in [1.82, 2.24) is 0 Å². The molecule has 6 heteroatoms. The van der Waals surface area contributed by atoms with E-state index < -0.39 is 11.7 Å². The van der Waals surface area contributed by atoms with Gasteiger partial charge < -0.3 is 5.32 Å². The molecule has 1 atom stereocenters. The van der Waals surface area contributed by atoms with Gasteiger partial charge in [-0.25, -0.2) is 0 Å². The van der Waals surface area contributed by atoms with E-state index in [0.717, 1.165) is 27.9 Å². The summed E-state index contributed by atoms with van der Waals surface area (Å²) in [5.74, 6) is -0.516. The minimum absolute atomic E-state index is 0.131. The van der Waals surface area contributed by atoms with Crippen molar-refractivity contribution in [2.24, 2.45) is 0 Å². The lowest BCUT2D eigenvalue weighted by Gasteiger charge is -2.11. The second-order valence-corrected chi connectivity index (χ2v) is 6.09. The van der Waals surface area contributed by atoms with Crippen LogP contribution in [-0.2, 0) is 17.4 Å². The van der Waals surface area contributed by atoms with Gasteiger partial charge in [-0.15, -0.1) is 0 Å². The molecule has 1 amide bonds. The number of hydrogen-bond acceptors (Lipinski definition) is 1. The molecule has 2 aromatic carbocycles. The first-order chi connectivity index (χ1) is 10.3. The van der Waals surface area contributed by atoms with Gasteiger partial charge in [0, 0.05) is 10.2 Å². The normalized spacial score (nSPS) is 17.3. The zero-order valence-electron chi connectivity index (χ0n) is 11.2. The fraction of sp³-hybridized carbons (Fsp3) is 0.188. The van der Waals surface area contributed by atoms with Crippen molar-refractivity contribution in [3.05, 3.63) is 63.6 Å². The minimum atomic E-state index is -4.35. The average Bonchev–Trinajstić information content (AvgIpc) is 2.75. The van der Waals surface area contributed by atoms with Crippen molar-refractivity contribution in [2.45, 2.75) is 18.5 Å². The van der Waals surface area contributed by atoms with Gasteiger partial charge in [-0.2, -0.15) is 13.2 Å². The van der Waals surface area contributed by atoms with Crippen LogP contribution in [0.2, 0.25) is 0 Å². The molecule has 0 unspecified atom stereocenters. The van der Waals surface area contributed by atoms with Crippen molar-refractivity contribution in [2.75, 3.05) is 5.32 Å². The fourth-order valence-electron chi connectivity index (χ4n) is 2.56. The van der Waals surface area contributed by atoms with Gasteiger partial charge in [-0.05, 0) is 47.9 Å². The predicted molar refractivity (Wildman–Crippen MR) is 80.7 cm³/mol. The van der Waals surface area contributed by atoms with Crippen LogP contribution in [0.5, 0.6) is 0 Å². The summed E-state index contributed by atoms with van der Waals surface area (Å²) in [6.45, 7) is 0. The van der Waals surface area contributed by atoms with E-state index in [1.165, 1.54) is 12.1 Å². The van der Waals surface area contributed by atoms with Crippen molar-refractivity contribution < 1.29 is 18.0 Å². The number of anilines is 1. The lowest BCUT2D eigenvalue weighted by atomic mass is 9.93. The Bertz CT molecular complexity index is 725. The van der Waals surface area contributed by atoms with Gasteiger partial charge in [0.15, 0.2) is 0 Å². The number of hydrogen-bond donors (Lipinski definition) is 1. The maximum Gasteiger partial charge on any atom is 0.416 e. The Balaban J connectivity index is 1.85. The summed E-state index contributed by atoms with van der Waals surface area (Å²) < 4.78 is 38.5. The highest BCUT2D eigenvalue weighted by Crippen LogP contribution is 2.37. The van der Waals surface area contributed by atoms with Crippen LogP contribution in [0.3, 0.4) is 0 Å². The number of rotatable bonds is 2. The van der Waals surface area contributed by atoms with Crippen molar-refractivity contribution in [3.63, 3.8) is 0 Å². The average molecular weight is 370 g/mol. The summed E-state index contributed by atoms with van der Waals surface area (Å²) in [6, 6.07) is 10.4. The number of halogens is 4. The summed E-state index contributed by atoms with van der Waals surface area (Å²) in [7, 11) is 0. The summed E-state index contributed by atoms with van der Waals surface area (Å²) in [5, 5.41) is 2.79. The molecule has 0 aliphatic carbocycles. The SMILES string of the molecule is O=C1Nc2ccc(Br)cc2[C@H]1Cc1ccc(C(F)(F)F)cc1. The molecule has 22 heavy (non-hydrogen) atoms. The van der Waals surface area contributed by atoms with Crippen molar-refractivity contribution >= 4 is 27.5 Å². The number of fused-ring (bicyclic) bond motifs is 1. The number of carbonyl (C=O) groups is 1. The van der Waals surface area contributed by atoms with Crippen LogP contribution in [0.15, 0.2) is 46.9 Å². The number of benzene rings is 2. The van der Waals surface area contributed by atoms with E-state index >= 15 is 0 Å². The monoisotopic (exact) mass is 369 g/mol. The van der Waals surface area contributed by atoms with Crippen molar-refractivity contribution in [3.8, 4) is 0 Å². The Morgan fingerprint density at radius 3 is 2.41 bits per heavy atom. The summed E-state index contributed by atoms with van der Waals surface area (Å²) >= 11 is 3.37. The van der Waals surface area contributed by atoms with Crippen LogP contribution >= 0.6 is 15.9 Å². The molecular weight excluding hydrogens is 359 g/mol. The molecule has 0 fully saturated rings. The zero-order chi connectivity index (χ0) is 15.9. The Hall–Kier alpha value is -1.82.